The second kappa shape index (κ2) is 4.73. The van der Waals surface area contributed by atoms with Gasteiger partial charge in [0.15, 0.2) is 0 Å². The number of aryl methyl sites for hydroxylation is 1. The molecule has 3 heteroatoms. The van der Waals surface area contributed by atoms with Crippen LogP contribution in [0, 0.1) is 6.92 Å². The van der Waals surface area contributed by atoms with E-state index < -0.39 is 0 Å². The Balaban J connectivity index is 0.000000371. The number of rotatable bonds is 0. The maximum absolute atomic E-state index is 5.31. The summed E-state index contributed by atoms with van der Waals surface area (Å²) < 4.78 is 0. The molecule has 1 rings (SSSR count). The van der Waals surface area contributed by atoms with Crippen LogP contribution in [0.15, 0.2) is 12.4 Å². The van der Waals surface area contributed by atoms with Crippen molar-refractivity contribution in [1.82, 2.24) is 9.97 Å². The molecular formula is C7H13N3. The van der Waals surface area contributed by atoms with Gasteiger partial charge in [-0.3, -0.25) is 0 Å². The van der Waals surface area contributed by atoms with Crippen LogP contribution in [0.25, 0.3) is 0 Å². The van der Waals surface area contributed by atoms with Crippen LogP contribution >= 0.6 is 0 Å². The first kappa shape index (κ1) is 8.88. The Kier molecular flexibility index (Phi) is 4.20. The number of anilines is 1. The Morgan fingerprint density at radius 2 is 1.90 bits per heavy atom. The van der Waals surface area contributed by atoms with Crippen LogP contribution in [0.4, 0.5) is 5.82 Å². The lowest BCUT2D eigenvalue weighted by atomic mass is 10.4. The molecule has 3 nitrogen and oxygen atoms in total. The van der Waals surface area contributed by atoms with Gasteiger partial charge in [-0.15, -0.1) is 0 Å². The molecule has 56 valence electrons. The largest absolute Gasteiger partial charge is 0.384 e. The van der Waals surface area contributed by atoms with Gasteiger partial charge in [-0.2, -0.15) is 0 Å². The number of hydrogen-bond acceptors (Lipinski definition) is 3. The van der Waals surface area contributed by atoms with Gasteiger partial charge in [-0.1, -0.05) is 13.8 Å². The second-order valence-electron chi connectivity index (χ2n) is 1.58. The highest BCUT2D eigenvalue weighted by Gasteiger charge is 1.83. The number of hydrogen-bond donors (Lipinski definition) is 1. The zero-order chi connectivity index (χ0) is 7.98. The third kappa shape index (κ3) is 3.02. The Morgan fingerprint density at radius 1 is 1.30 bits per heavy atom. The summed E-state index contributed by atoms with van der Waals surface area (Å²) in [5.41, 5.74) is 6.21. The molecule has 0 saturated heterocycles. The third-order valence-electron chi connectivity index (χ3n) is 0.825. The van der Waals surface area contributed by atoms with Crippen LogP contribution in [-0.4, -0.2) is 9.97 Å². The quantitative estimate of drug-likeness (QED) is 0.591. The van der Waals surface area contributed by atoms with Crippen LogP contribution in [-0.2, 0) is 0 Å². The van der Waals surface area contributed by atoms with E-state index in [9.17, 15) is 0 Å². The van der Waals surface area contributed by atoms with E-state index in [1.807, 2.05) is 20.8 Å². The summed E-state index contributed by atoms with van der Waals surface area (Å²) in [6.07, 6.45) is 1.45. The van der Waals surface area contributed by atoms with Crippen molar-refractivity contribution in [3.63, 3.8) is 0 Å². The predicted molar refractivity (Wildman–Crippen MR) is 42.5 cm³/mol. The van der Waals surface area contributed by atoms with Gasteiger partial charge < -0.3 is 5.73 Å². The zero-order valence-corrected chi connectivity index (χ0v) is 6.63. The van der Waals surface area contributed by atoms with Crippen molar-refractivity contribution in [3.05, 3.63) is 18.1 Å². The SMILES string of the molecule is CC.Cc1cc(N)ncn1. The van der Waals surface area contributed by atoms with Gasteiger partial charge in [0, 0.05) is 11.8 Å². The molecule has 0 aliphatic rings. The van der Waals surface area contributed by atoms with E-state index in [0.717, 1.165) is 5.69 Å². The summed E-state index contributed by atoms with van der Waals surface area (Å²) >= 11 is 0. The summed E-state index contributed by atoms with van der Waals surface area (Å²) in [6, 6.07) is 1.72. The van der Waals surface area contributed by atoms with Gasteiger partial charge >= 0.3 is 0 Å². The lowest BCUT2D eigenvalue weighted by molar-refractivity contribution is 1.11. The molecule has 10 heavy (non-hydrogen) atoms. The van der Waals surface area contributed by atoms with Crippen molar-refractivity contribution >= 4 is 5.82 Å². The Morgan fingerprint density at radius 3 is 2.20 bits per heavy atom. The first-order chi connectivity index (χ1) is 4.79. The highest BCUT2D eigenvalue weighted by atomic mass is 14.9. The highest BCUT2D eigenvalue weighted by Crippen LogP contribution is 1.94. The molecule has 0 fully saturated rings. The smallest absolute Gasteiger partial charge is 0.126 e. The van der Waals surface area contributed by atoms with Gasteiger partial charge in [-0.05, 0) is 6.92 Å². The molecule has 0 unspecified atom stereocenters. The van der Waals surface area contributed by atoms with Gasteiger partial charge in [0.1, 0.15) is 12.1 Å². The number of nitrogen functional groups attached to an aromatic ring is 1. The molecule has 0 bridgehead atoms. The summed E-state index contributed by atoms with van der Waals surface area (Å²) in [5.74, 6) is 0.525. The summed E-state index contributed by atoms with van der Waals surface area (Å²) in [4.78, 5) is 7.56. The fourth-order valence-corrected chi connectivity index (χ4v) is 0.475. The predicted octanol–water partition coefficient (Wildman–Crippen LogP) is 1.39. The van der Waals surface area contributed by atoms with Crippen molar-refractivity contribution in [2.24, 2.45) is 0 Å². The normalized spacial score (nSPS) is 7.90. The van der Waals surface area contributed by atoms with Crippen molar-refractivity contribution in [1.29, 1.82) is 0 Å². The summed E-state index contributed by atoms with van der Waals surface area (Å²) in [7, 11) is 0. The number of nitrogens with two attached hydrogens (primary N) is 1. The highest BCUT2D eigenvalue weighted by molar-refractivity contribution is 5.26. The molecule has 0 aliphatic heterocycles. The summed E-state index contributed by atoms with van der Waals surface area (Å²) in [5, 5.41) is 0. The molecule has 0 aromatic carbocycles. The van der Waals surface area contributed by atoms with Crippen LogP contribution in [0.5, 0.6) is 0 Å². The number of nitrogens with zero attached hydrogens (tertiary/aromatic N) is 2. The van der Waals surface area contributed by atoms with Gasteiger partial charge in [-0.25, -0.2) is 9.97 Å². The molecular weight excluding hydrogens is 126 g/mol. The van der Waals surface area contributed by atoms with Crippen LogP contribution in [0.2, 0.25) is 0 Å². The molecule has 0 radical (unpaired) electrons. The van der Waals surface area contributed by atoms with E-state index >= 15 is 0 Å². The van der Waals surface area contributed by atoms with Crippen molar-refractivity contribution in [2.45, 2.75) is 20.8 Å². The van der Waals surface area contributed by atoms with Crippen LogP contribution in [0.3, 0.4) is 0 Å². The fourth-order valence-electron chi connectivity index (χ4n) is 0.475. The average molecular weight is 139 g/mol. The molecule has 0 saturated carbocycles. The van der Waals surface area contributed by atoms with Crippen molar-refractivity contribution in [3.8, 4) is 0 Å². The Hall–Kier alpha value is -1.12. The topological polar surface area (TPSA) is 51.8 Å². The Labute approximate surface area is 61.3 Å². The standard InChI is InChI=1S/C5H7N3.C2H6/c1-4-2-5(6)8-3-7-4;1-2/h2-3H,1H3,(H2,6,7,8);1-2H3. The van der Waals surface area contributed by atoms with Crippen molar-refractivity contribution < 1.29 is 0 Å². The molecule has 0 aliphatic carbocycles. The molecule has 0 amide bonds. The minimum Gasteiger partial charge on any atom is -0.384 e. The molecule has 1 aromatic rings. The fraction of sp³-hybridized carbons (Fsp3) is 0.429. The van der Waals surface area contributed by atoms with E-state index in [1.165, 1.54) is 6.33 Å². The third-order valence-corrected chi connectivity index (χ3v) is 0.825. The average Bonchev–Trinajstić information content (AvgIpc) is 1.91. The second-order valence-corrected chi connectivity index (χ2v) is 1.58. The first-order valence-electron chi connectivity index (χ1n) is 3.33. The molecule has 2 N–H and O–H groups in total. The molecule has 1 aromatic heterocycles. The molecule has 0 spiro atoms. The maximum Gasteiger partial charge on any atom is 0.126 e. The van der Waals surface area contributed by atoms with E-state index in [-0.39, 0.29) is 0 Å². The van der Waals surface area contributed by atoms with Crippen LogP contribution < -0.4 is 5.73 Å². The van der Waals surface area contributed by atoms with E-state index in [1.54, 1.807) is 6.07 Å². The lowest BCUT2D eigenvalue weighted by Crippen LogP contribution is -1.90. The van der Waals surface area contributed by atoms with Crippen molar-refractivity contribution in [2.75, 3.05) is 5.73 Å². The van der Waals surface area contributed by atoms with Gasteiger partial charge in [0.2, 0.25) is 0 Å². The van der Waals surface area contributed by atoms with Gasteiger partial charge in [0.05, 0.1) is 0 Å². The van der Waals surface area contributed by atoms with E-state index in [4.69, 9.17) is 5.73 Å². The van der Waals surface area contributed by atoms with E-state index in [2.05, 4.69) is 9.97 Å². The minimum absolute atomic E-state index is 0.525. The Bertz CT molecular complexity index is 169. The monoisotopic (exact) mass is 139 g/mol. The summed E-state index contributed by atoms with van der Waals surface area (Å²) in [6.45, 7) is 5.87. The minimum atomic E-state index is 0.525. The van der Waals surface area contributed by atoms with Crippen LogP contribution in [0.1, 0.15) is 19.5 Å². The van der Waals surface area contributed by atoms with E-state index in [0.29, 0.717) is 5.82 Å². The lowest BCUT2D eigenvalue weighted by Gasteiger charge is -1.89. The molecule has 1 heterocycles. The maximum atomic E-state index is 5.31. The molecule has 0 atom stereocenters. The zero-order valence-electron chi connectivity index (χ0n) is 6.63. The number of aromatic nitrogens is 2. The van der Waals surface area contributed by atoms with Gasteiger partial charge in [0.25, 0.3) is 0 Å². The first-order valence-corrected chi connectivity index (χ1v) is 3.33.